The fourth-order valence-electron chi connectivity index (χ4n) is 2.12. The lowest BCUT2D eigenvalue weighted by atomic mass is 10.1. The molecule has 0 aliphatic heterocycles. The number of aryl methyl sites for hydroxylation is 1. The molecule has 0 unspecified atom stereocenters. The average Bonchev–Trinajstić information content (AvgIpc) is 2.63. The third-order valence-corrected chi connectivity index (χ3v) is 3.87. The molecule has 0 bridgehead atoms. The van der Waals surface area contributed by atoms with E-state index in [1.54, 1.807) is 13.0 Å². The van der Waals surface area contributed by atoms with Crippen LogP contribution in [-0.2, 0) is 4.79 Å². The van der Waals surface area contributed by atoms with E-state index < -0.39 is 22.8 Å². The summed E-state index contributed by atoms with van der Waals surface area (Å²) in [6, 6.07) is 10.6. The number of non-ortho nitro benzene ring substituents is 1. The van der Waals surface area contributed by atoms with Gasteiger partial charge in [-0.2, -0.15) is 0 Å². The molecular formula is C18H19N3O5. The molecule has 2 N–H and O–H groups in total. The molecule has 2 amide bonds. The van der Waals surface area contributed by atoms with E-state index in [0.717, 1.165) is 11.1 Å². The molecule has 0 heterocycles. The molecule has 0 aliphatic rings. The van der Waals surface area contributed by atoms with Gasteiger partial charge in [0.1, 0.15) is 5.75 Å². The van der Waals surface area contributed by atoms with Gasteiger partial charge in [-0.15, -0.1) is 0 Å². The molecule has 2 aromatic carbocycles. The van der Waals surface area contributed by atoms with Crippen LogP contribution in [0.15, 0.2) is 42.5 Å². The number of nitrogens with one attached hydrogen (secondary N) is 2. The number of hydrogen-bond donors (Lipinski definition) is 2. The molecule has 0 radical (unpaired) electrons. The van der Waals surface area contributed by atoms with Gasteiger partial charge in [-0.1, -0.05) is 12.1 Å². The number of carbonyl (C=O) groups is 2. The van der Waals surface area contributed by atoms with E-state index in [1.165, 1.54) is 24.3 Å². The highest BCUT2D eigenvalue weighted by atomic mass is 16.6. The Bertz CT molecular complexity index is 833. The number of benzene rings is 2. The Hall–Kier alpha value is -3.42. The van der Waals surface area contributed by atoms with Gasteiger partial charge in [-0.05, 0) is 50.1 Å². The molecule has 136 valence electrons. The first kappa shape index (κ1) is 18.9. The van der Waals surface area contributed by atoms with Crippen molar-refractivity contribution in [3.63, 3.8) is 0 Å². The number of hydrazine groups is 1. The van der Waals surface area contributed by atoms with Gasteiger partial charge in [-0.25, -0.2) is 0 Å². The van der Waals surface area contributed by atoms with Crippen molar-refractivity contribution in [1.29, 1.82) is 0 Å². The van der Waals surface area contributed by atoms with Gasteiger partial charge in [0.15, 0.2) is 6.10 Å². The number of hydrogen-bond acceptors (Lipinski definition) is 5. The summed E-state index contributed by atoms with van der Waals surface area (Å²) >= 11 is 0. The van der Waals surface area contributed by atoms with Crippen molar-refractivity contribution in [2.75, 3.05) is 0 Å². The van der Waals surface area contributed by atoms with Crippen LogP contribution in [0.5, 0.6) is 5.75 Å². The molecule has 0 saturated carbocycles. The number of nitrogens with zero attached hydrogens (tertiary/aromatic N) is 1. The first-order chi connectivity index (χ1) is 12.3. The van der Waals surface area contributed by atoms with Gasteiger partial charge < -0.3 is 4.74 Å². The molecule has 2 rings (SSSR count). The molecule has 8 nitrogen and oxygen atoms in total. The van der Waals surface area contributed by atoms with Gasteiger partial charge in [0, 0.05) is 17.7 Å². The zero-order valence-electron chi connectivity index (χ0n) is 14.6. The Labute approximate surface area is 150 Å². The number of rotatable bonds is 5. The van der Waals surface area contributed by atoms with Gasteiger partial charge >= 0.3 is 0 Å². The second kappa shape index (κ2) is 8.11. The number of amides is 2. The van der Waals surface area contributed by atoms with Crippen molar-refractivity contribution >= 4 is 17.5 Å². The molecule has 0 aliphatic carbocycles. The largest absolute Gasteiger partial charge is 0.481 e. The Kier molecular flexibility index (Phi) is 5.90. The second-order valence-electron chi connectivity index (χ2n) is 5.71. The summed E-state index contributed by atoms with van der Waals surface area (Å²) < 4.78 is 5.63. The highest BCUT2D eigenvalue weighted by Gasteiger charge is 2.17. The minimum Gasteiger partial charge on any atom is -0.481 e. The molecule has 2 aromatic rings. The fraction of sp³-hybridized carbons (Fsp3) is 0.222. The van der Waals surface area contributed by atoms with Crippen LogP contribution >= 0.6 is 0 Å². The van der Waals surface area contributed by atoms with Crippen LogP contribution in [-0.4, -0.2) is 22.8 Å². The van der Waals surface area contributed by atoms with Crippen molar-refractivity contribution in [3.8, 4) is 5.75 Å². The molecule has 0 fully saturated rings. The minimum absolute atomic E-state index is 0.124. The summed E-state index contributed by atoms with van der Waals surface area (Å²) in [6.07, 6.45) is -0.826. The summed E-state index contributed by atoms with van der Waals surface area (Å²) in [4.78, 5) is 34.1. The van der Waals surface area contributed by atoms with Crippen molar-refractivity contribution < 1.29 is 19.2 Å². The van der Waals surface area contributed by atoms with Crippen LogP contribution < -0.4 is 15.6 Å². The van der Waals surface area contributed by atoms with Gasteiger partial charge in [0.25, 0.3) is 17.5 Å². The lowest BCUT2D eigenvalue weighted by molar-refractivity contribution is -0.384. The molecule has 0 spiro atoms. The topological polar surface area (TPSA) is 111 Å². The fourth-order valence-corrected chi connectivity index (χ4v) is 2.12. The standard InChI is InChI=1S/C18H19N3O5/c1-11-5-4-6-16(12(11)2)26-13(3)17(22)19-20-18(23)14-7-9-15(10-8-14)21(24)25/h4-10,13H,1-3H3,(H,19,22)(H,20,23)/t13-/m0/s1. The van der Waals surface area contributed by atoms with E-state index >= 15 is 0 Å². The summed E-state index contributed by atoms with van der Waals surface area (Å²) in [6.45, 7) is 5.40. The van der Waals surface area contributed by atoms with Crippen molar-refractivity contribution in [2.45, 2.75) is 26.9 Å². The summed E-state index contributed by atoms with van der Waals surface area (Å²) in [5.41, 5.74) is 6.56. The Morgan fingerprint density at radius 2 is 1.73 bits per heavy atom. The summed E-state index contributed by atoms with van der Waals surface area (Å²) in [5, 5.41) is 10.6. The van der Waals surface area contributed by atoms with E-state index in [0.29, 0.717) is 5.75 Å². The first-order valence-corrected chi connectivity index (χ1v) is 7.87. The number of nitro benzene ring substituents is 1. The predicted molar refractivity (Wildman–Crippen MR) is 94.7 cm³/mol. The number of carbonyl (C=O) groups excluding carboxylic acids is 2. The molecule has 0 aromatic heterocycles. The first-order valence-electron chi connectivity index (χ1n) is 7.87. The van der Waals surface area contributed by atoms with Crippen LogP contribution in [0.1, 0.15) is 28.4 Å². The molecule has 1 atom stereocenters. The van der Waals surface area contributed by atoms with Crippen LogP contribution in [0.3, 0.4) is 0 Å². The Morgan fingerprint density at radius 1 is 1.08 bits per heavy atom. The van der Waals surface area contributed by atoms with Crippen LogP contribution in [0.2, 0.25) is 0 Å². The zero-order valence-corrected chi connectivity index (χ0v) is 14.6. The summed E-state index contributed by atoms with van der Waals surface area (Å²) in [5.74, 6) is -0.525. The van der Waals surface area contributed by atoms with E-state index in [1.807, 2.05) is 26.0 Å². The molecule has 8 heteroatoms. The van der Waals surface area contributed by atoms with E-state index in [9.17, 15) is 19.7 Å². The lowest BCUT2D eigenvalue weighted by Crippen LogP contribution is -2.47. The highest BCUT2D eigenvalue weighted by molar-refractivity contribution is 5.95. The maximum Gasteiger partial charge on any atom is 0.279 e. The Balaban J connectivity index is 1.91. The number of nitro groups is 1. The molecular weight excluding hydrogens is 338 g/mol. The lowest BCUT2D eigenvalue weighted by Gasteiger charge is -2.17. The SMILES string of the molecule is Cc1cccc(O[C@@H](C)C(=O)NNC(=O)c2ccc([N+](=O)[O-])cc2)c1C. The van der Waals surface area contributed by atoms with E-state index in [2.05, 4.69) is 10.9 Å². The third-order valence-electron chi connectivity index (χ3n) is 3.87. The van der Waals surface area contributed by atoms with Crippen molar-refractivity contribution in [1.82, 2.24) is 10.9 Å². The van der Waals surface area contributed by atoms with Gasteiger partial charge in [0.2, 0.25) is 0 Å². The van der Waals surface area contributed by atoms with Gasteiger partial charge in [-0.3, -0.25) is 30.6 Å². The van der Waals surface area contributed by atoms with Gasteiger partial charge in [0.05, 0.1) is 4.92 Å². The average molecular weight is 357 g/mol. The zero-order chi connectivity index (χ0) is 19.3. The van der Waals surface area contributed by atoms with Crippen molar-refractivity contribution in [2.24, 2.45) is 0 Å². The maximum absolute atomic E-state index is 12.1. The second-order valence-corrected chi connectivity index (χ2v) is 5.71. The van der Waals surface area contributed by atoms with E-state index in [-0.39, 0.29) is 11.3 Å². The maximum atomic E-state index is 12.1. The number of ether oxygens (including phenoxy) is 1. The third kappa shape index (κ3) is 4.56. The van der Waals surface area contributed by atoms with Crippen LogP contribution in [0, 0.1) is 24.0 Å². The van der Waals surface area contributed by atoms with Crippen LogP contribution in [0.4, 0.5) is 5.69 Å². The summed E-state index contributed by atoms with van der Waals surface area (Å²) in [7, 11) is 0. The highest BCUT2D eigenvalue weighted by Crippen LogP contribution is 2.21. The van der Waals surface area contributed by atoms with E-state index in [4.69, 9.17) is 4.74 Å². The molecule has 26 heavy (non-hydrogen) atoms. The molecule has 0 saturated heterocycles. The smallest absolute Gasteiger partial charge is 0.279 e. The quantitative estimate of drug-likeness (QED) is 0.631. The van der Waals surface area contributed by atoms with Crippen LogP contribution in [0.25, 0.3) is 0 Å². The predicted octanol–water partition coefficient (Wildman–Crippen LogP) is 2.44. The monoisotopic (exact) mass is 357 g/mol. The Morgan fingerprint density at radius 3 is 2.35 bits per heavy atom. The normalized spacial score (nSPS) is 11.3. The van der Waals surface area contributed by atoms with Crippen molar-refractivity contribution in [3.05, 3.63) is 69.3 Å². The minimum atomic E-state index is -0.826.